The molecule has 0 unspecified atom stereocenters. The molecule has 2 aromatic rings. The maximum atomic E-state index is 13.4. The molecular formula is C19H23F2N5O2. The number of rotatable bonds is 8. The van der Waals surface area contributed by atoms with Crippen LogP contribution in [0.4, 0.5) is 14.7 Å². The number of carbonyl (C=O) groups excluding carboxylic acids is 1. The van der Waals surface area contributed by atoms with Gasteiger partial charge in [0.1, 0.15) is 5.82 Å². The van der Waals surface area contributed by atoms with E-state index in [-0.39, 0.29) is 18.3 Å². The van der Waals surface area contributed by atoms with Crippen LogP contribution in [0.15, 0.2) is 36.7 Å². The van der Waals surface area contributed by atoms with Crippen LogP contribution in [0.1, 0.15) is 6.42 Å². The summed E-state index contributed by atoms with van der Waals surface area (Å²) in [5.74, 6) is -1.24. The van der Waals surface area contributed by atoms with Crippen molar-refractivity contribution >= 4 is 11.9 Å². The number of hydrogen-bond acceptors (Lipinski definition) is 6. The number of nitrogens with one attached hydrogen (secondary N) is 1. The summed E-state index contributed by atoms with van der Waals surface area (Å²) < 4.78 is 31.3. The van der Waals surface area contributed by atoms with Gasteiger partial charge in [0.15, 0.2) is 18.2 Å². The minimum absolute atomic E-state index is 0.142. The summed E-state index contributed by atoms with van der Waals surface area (Å²) in [6, 6.07) is 4.77. The third-order valence-electron chi connectivity index (χ3n) is 4.43. The van der Waals surface area contributed by atoms with Crippen LogP contribution in [-0.4, -0.2) is 66.7 Å². The van der Waals surface area contributed by atoms with E-state index in [9.17, 15) is 13.6 Å². The van der Waals surface area contributed by atoms with Crippen molar-refractivity contribution in [3.8, 4) is 5.75 Å². The van der Waals surface area contributed by atoms with E-state index in [0.717, 1.165) is 63.3 Å². The number of ether oxygens (including phenoxy) is 1. The van der Waals surface area contributed by atoms with Gasteiger partial charge in [0.25, 0.3) is 5.91 Å². The summed E-state index contributed by atoms with van der Waals surface area (Å²) >= 11 is 0. The molecule has 28 heavy (non-hydrogen) atoms. The number of amides is 1. The fourth-order valence-electron chi connectivity index (χ4n) is 2.94. The van der Waals surface area contributed by atoms with Crippen molar-refractivity contribution in [3.05, 3.63) is 48.3 Å². The lowest BCUT2D eigenvalue weighted by atomic mass is 10.3. The number of anilines is 1. The van der Waals surface area contributed by atoms with E-state index in [4.69, 9.17) is 4.74 Å². The molecule has 1 aromatic carbocycles. The van der Waals surface area contributed by atoms with Gasteiger partial charge in [0, 0.05) is 51.2 Å². The monoisotopic (exact) mass is 391 g/mol. The highest BCUT2D eigenvalue weighted by Crippen LogP contribution is 2.17. The lowest BCUT2D eigenvalue weighted by Gasteiger charge is -2.34. The molecule has 0 saturated carbocycles. The molecule has 2 heterocycles. The molecule has 1 saturated heterocycles. The van der Waals surface area contributed by atoms with Gasteiger partial charge in [0.2, 0.25) is 5.95 Å². The van der Waals surface area contributed by atoms with Crippen LogP contribution < -0.4 is 15.0 Å². The predicted molar refractivity (Wildman–Crippen MR) is 100 cm³/mol. The third-order valence-corrected chi connectivity index (χ3v) is 4.43. The first-order valence-corrected chi connectivity index (χ1v) is 9.21. The molecule has 1 aliphatic rings. The average molecular weight is 391 g/mol. The van der Waals surface area contributed by atoms with Crippen LogP contribution in [-0.2, 0) is 4.79 Å². The van der Waals surface area contributed by atoms with Gasteiger partial charge < -0.3 is 15.0 Å². The highest BCUT2D eigenvalue weighted by Gasteiger charge is 2.18. The zero-order valence-electron chi connectivity index (χ0n) is 15.5. The molecule has 1 fully saturated rings. The van der Waals surface area contributed by atoms with Crippen LogP contribution >= 0.6 is 0 Å². The molecule has 1 aromatic heterocycles. The molecule has 0 spiro atoms. The summed E-state index contributed by atoms with van der Waals surface area (Å²) in [6.07, 6.45) is 4.29. The normalized spacial score (nSPS) is 14.7. The minimum atomic E-state index is -0.826. The predicted octanol–water partition coefficient (Wildman–Crippen LogP) is 1.46. The highest BCUT2D eigenvalue weighted by atomic mass is 19.1. The van der Waals surface area contributed by atoms with Gasteiger partial charge in [-0.15, -0.1) is 0 Å². The molecule has 0 aliphatic carbocycles. The second-order valence-electron chi connectivity index (χ2n) is 6.44. The van der Waals surface area contributed by atoms with E-state index in [1.54, 1.807) is 18.5 Å². The largest absolute Gasteiger partial charge is 0.481 e. The van der Waals surface area contributed by atoms with Crippen LogP contribution in [0.5, 0.6) is 5.75 Å². The van der Waals surface area contributed by atoms with Gasteiger partial charge in [-0.3, -0.25) is 9.69 Å². The van der Waals surface area contributed by atoms with Crippen LogP contribution in [0, 0.1) is 11.6 Å². The van der Waals surface area contributed by atoms with Gasteiger partial charge in [-0.1, -0.05) is 0 Å². The Bertz CT molecular complexity index is 770. The Balaban J connectivity index is 1.28. The van der Waals surface area contributed by atoms with Crippen molar-refractivity contribution in [2.24, 2.45) is 0 Å². The summed E-state index contributed by atoms with van der Waals surface area (Å²) in [5, 5.41) is 2.74. The smallest absolute Gasteiger partial charge is 0.257 e. The van der Waals surface area contributed by atoms with Gasteiger partial charge in [-0.25, -0.2) is 18.7 Å². The molecule has 9 heteroatoms. The lowest BCUT2D eigenvalue weighted by molar-refractivity contribution is -0.123. The fourth-order valence-corrected chi connectivity index (χ4v) is 2.94. The first kappa shape index (κ1) is 19.9. The van der Waals surface area contributed by atoms with E-state index >= 15 is 0 Å². The Morgan fingerprint density at radius 3 is 2.61 bits per heavy atom. The summed E-state index contributed by atoms with van der Waals surface area (Å²) in [5.41, 5.74) is 0. The average Bonchev–Trinajstić information content (AvgIpc) is 2.72. The Morgan fingerprint density at radius 1 is 1.14 bits per heavy atom. The minimum Gasteiger partial charge on any atom is -0.481 e. The van der Waals surface area contributed by atoms with Crippen molar-refractivity contribution in [1.82, 2.24) is 20.2 Å². The van der Waals surface area contributed by atoms with E-state index in [1.807, 2.05) is 0 Å². The number of benzene rings is 1. The van der Waals surface area contributed by atoms with Gasteiger partial charge in [-0.05, 0) is 31.2 Å². The molecule has 3 rings (SSSR count). The van der Waals surface area contributed by atoms with Gasteiger partial charge >= 0.3 is 0 Å². The Hall–Kier alpha value is -2.81. The van der Waals surface area contributed by atoms with Crippen molar-refractivity contribution in [1.29, 1.82) is 0 Å². The van der Waals surface area contributed by atoms with E-state index < -0.39 is 11.6 Å². The zero-order valence-corrected chi connectivity index (χ0v) is 15.5. The summed E-state index contributed by atoms with van der Waals surface area (Å²) in [6.45, 7) is 4.64. The number of aromatic nitrogens is 2. The number of nitrogens with zero attached hydrogens (tertiary/aromatic N) is 4. The van der Waals surface area contributed by atoms with E-state index in [0.29, 0.717) is 6.54 Å². The van der Waals surface area contributed by atoms with Crippen LogP contribution in [0.25, 0.3) is 0 Å². The third kappa shape index (κ3) is 5.85. The van der Waals surface area contributed by atoms with Gasteiger partial charge in [0.05, 0.1) is 0 Å². The van der Waals surface area contributed by atoms with Crippen molar-refractivity contribution in [2.45, 2.75) is 6.42 Å². The molecule has 1 amide bonds. The summed E-state index contributed by atoms with van der Waals surface area (Å²) in [7, 11) is 0. The topological polar surface area (TPSA) is 70.6 Å². The van der Waals surface area contributed by atoms with Crippen LogP contribution in [0.3, 0.4) is 0 Å². The highest BCUT2D eigenvalue weighted by molar-refractivity contribution is 5.77. The van der Waals surface area contributed by atoms with E-state index in [2.05, 4.69) is 25.1 Å². The number of hydrogen-bond donors (Lipinski definition) is 1. The van der Waals surface area contributed by atoms with Crippen LogP contribution in [0.2, 0.25) is 0 Å². The molecular weight excluding hydrogens is 368 g/mol. The molecule has 1 aliphatic heterocycles. The fraction of sp³-hybridized carbons (Fsp3) is 0.421. The lowest BCUT2D eigenvalue weighted by Crippen LogP contribution is -2.47. The standard InChI is InChI=1S/C19H23F2N5O2/c20-15-3-4-17(16(21)13-15)28-14-18(27)22-7-2-8-25-9-11-26(12-10-25)19-23-5-1-6-24-19/h1,3-6,13H,2,7-12,14H2,(H,22,27). The Labute approximate surface area is 162 Å². The van der Waals surface area contributed by atoms with Crippen molar-refractivity contribution < 1.29 is 18.3 Å². The zero-order chi connectivity index (χ0) is 19.8. The van der Waals surface area contributed by atoms with Gasteiger partial charge in [-0.2, -0.15) is 0 Å². The Kier molecular flexibility index (Phi) is 7.07. The second kappa shape index (κ2) is 9.93. The molecule has 0 radical (unpaired) electrons. The maximum Gasteiger partial charge on any atom is 0.257 e. The molecule has 150 valence electrons. The van der Waals surface area contributed by atoms with E-state index in [1.165, 1.54) is 0 Å². The Morgan fingerprint density at radius 2 is 1.89 bits per heavy atom. The number of piperazine rings is 1. The molecule has 1 N–H and O–H groups in total. The maximum absolute atomic E-state index is 13.4. The first-order chi connectivity index (χ1) is 13.6. The quantitative estimate of drug-likeness (QED) is 0.687. The molecule has 7 nitrogen and oxygen atoms in total. The SMILES string of the molecule is O=C(COc1ccc(F)cc1F)NCCCN1CCN(c2ncccn2)CC1. The van der Waals surface area contributed by atoms with Crippen molar-refractivity contribution in [2.75, 3.05) is 50.8 Å². The first-order valence-electron chi connectivity index (χ1n) is 9.21. The number of halogens is 2. The number of carbonyl (C=O) groups is 1. The molecule has 0 bridgehead atoms. The molecule has 0 atom stereocenters. The summed E-state index contributed by atoms with van der Waals surface area (Å²) in [4.78, 5) is 24.8. The second-order valence-corrected chi connectivity index (χ2v) is 6.44. The van der Waals surface area contributed by atoms with Crippen molar-refractivity contribution in [3.63, 3.8) is 0 Å².